The lowest BCUT2D eigenvalue weighted by atomic mass is 9.90. The van der Waals surface area contributed by atoms with Crippen molar-refractivity contribution in [3.63, 3.8) is 0 Å². The monoisotopic (exact) mass is 476 g/mol. The first kappa shape index (κ1) is 22.2. The maximum absolute atomic E-state index is 13.5. The molecule has 3 heterocycles. The van der Waals surface area contributed by atoms with Gasteiger partial charge in [-0.2, -0.15) is 0 Å². The predicted octanol–water partition coefficient (Wildman–Crippen LogP) is 3.93. The molecule has 0 saturated heterocycles. The molecule has 8 heteroatoms. The lowest BCUT2D eigenvalue weighted by Gasteiger charge is -2.37. The van der Waals surface area contributed by atoms with Crippen molar-refractivity contribution in [1.82, 2.24) is 9.80 Å². The van der Waals surface area contributed by atoms with Crippen LogP contribution in [0, 0.1) is 0 Å². The van der Waals surface area contributed by atoms with Crippen LogP contribution in [0.15, 0.2) is 53.9 Å². The van der Waals surface area contributed by atoms with E-state index in [2.05, 4.69) is 0 Å². The molecule has 0 unspecified atom stereocenters. The maximum Gasteiger partial charge on any atom is 0.261 e. The average Bonchev–Trinajstić information content (AvgIpc) is 3.48. The zero-order valence-electron chi connectivity index (χ0n) is 18.9. The van der Waals surface area contributed by atoms with Crippen molar-refractivity contribution in [3.05, 3.63) is 81.0 Å². The molecule has 7 nitrogen and oxygen atoms in total. The van der Waals surface area contributed by atoms with Crippen LogP contribution in [-0.2, 0) is 11.2 Å². The Morgan fingerprint density at radius 3 is 2.29 bits per heavy atom. The van der Waals surface area contributed by atoms with Gasteiger partial charge in [0.15, 0.2) is 11.5 Å². The molecule has 1 atom stereocenters. The smallest absolute Gasteiger partial charge is 0.261 e. The minimum Gasteiger partial charge on any atom is -0.493 e. The number of hydrogen-bond acceptors (Lipinski definition) is 6. The molecule has 0 aliphatic carbocycles. The molecule has 0 spiro atoms. The van der Waals surface area contributed by atoms with E-state index in [1.807, 2.05) is 34.5 Å². The molecule has 0 bridgehead atoms. The summed E-state index contributed by atoms with van der Waals surface area (Å²) in [6.07, 6.45) is 0.742. The molecule has 174 valence electrons. The van der Waals surface area contributed by atoms with Crippen molar-refractivity contribution >= 4 is 29.1 Å². The number of carbonyl (C=O) groups excluding carboxylic acids is 3. The highest BCUT2D eigenvalue weighted by atomic mass is 32.1. The minimum absolute atomic E-state index is 0.0532. The summed E-state index contributed by atoms with van der Waals surface area (Å²) in [5.41, 5.74) is 2.90. The topological polar surface area (TPSA) is 76.2 Å². The molecule has 2 aliphatic rings. The lowest BCUT2D eigenvalue weighted by molar-refractivity contribution is -0.133. The Morgan fingerprint density at radius 1 is 1.00 bits per heavy atom. The Labute approximate surface area is 201 Å². The maximum atomic E-state index is 13.5. The summed E-state index contributed by atoms with van der Waals surface area (Å²) in [6.45, 7) is 0.587. The number of rotatable bonds is 6. The highest BCUT2D eigenvalue weighted by Gasteiger charge is 2.37. The van der Waals surface area contributed by atoms with Gasteiger partial charge in [0.25, 0.3) is 11.8 Å². The largest absolute Gasteiger partial charge is 0.493 e. The fraction of sp³-hybridized carbons (Fsp3) is 0.269. The van der Waals surface area contributed by atoms with Crippen molar-refractivity contribution in [2.24, 2.45) is 0 Å². The third-order valence-electron chi connectivity index (χ3n) is 6.43. The summed E-state index contributed by atoms with van der Waals surface area (Å²) in [6, 6.07) is 14.4. The van der Waals surface area contributed by atoms with E-state index in [0.717, 1.165) is 16.0 Å². The highest BCUT2D eigenvalue weighted by Crippen LogP contribution is 2.42. The molecule has 3 amide bonds. The standard InChI is InChI=1S/C26H24N2O5S/c1-32-20-14-16-9-11-27(24(22-8-5-13-34-22)19(16)15-21(20)33-2)23(29)10-12-28-25(30)17-6-3-4-7-18(17)26(28)31/h3-8,13-15,24H,9-12H2,1-2H3/t24-/m1/s1. The first-order valence-corrected chi connectivity index (χ1v) is 11.9. The normalized spacial score (nSPS) is 16.9. The van der Waals surface area contributed by atoms with Crippen LogP contribution in [0.2, 0.25) is 0 Å². The Morgan fingerprint density at radius 2 is 1.68 bits per heavy atom. The van der Waals surface area contributed by atoms with E-state index >= 15 is 0 Å². The molecular weight excluding hydrogens is 452 g/mol. The van der Waals surface area contributed by atoms with E-state index in [-0.39, 0.29) is 36.7 Å². The molecule has 2 aromatic carbocycles. The van der Waals surface area contributed by atoms with E-state index in [0.29, 0.717) is 35.6 Å². The molecule has 0 saturated carbocycles. The Hall–Kier alpha value is -3.65. The minimum atomic E-state index is -0.343. The van der Waals surface area contributed by atoms with Gasteiger partial charge in [0.05, 0.1) is 31.4 Å². The van der Waals surface area contributed by atoms with Gasteiger partial charge in [-0.05, 0) is 53.3 Å². The number of nitrogens with zero attached hydrogens (tertiary/aromatic N) is 2. The van der Waals surface area contributed by atoms with Crippen molar-refractivity contribution in [1.29, 1.82) is 0 Å². The zero-order valence-corrected chi connectivity index (χ0v) is 19.8. The van der Waals surface area contributed by atoms with Gasteiger partial charge in [0.1, 0.15) is 0 Å². The van der Waals surface area contributed by atoms with E-state index in [1.165, 1.54) is 4.90 Å². The zero-order chi connectivity index (χ0) is 23.8. The summed E-state index contributed by atoms with van der Waals surface area (Å²) >= 11 is 1.59. The van der Waals surface area contributed by atoms with Gasteiger partial charge in [-0.3, -0.25) is 19.3 Å². The molecule has 5 rings (SSSR count). The summed E-state index contributed by atoms with van der Waals surface area (Å²) in [7, 11) is 3.21. The summed E-state index contributed by atoms with van der Waals surface area (Å²) in [4.78, 5) is 42.9. The van der Waals surface area contributed by atoms with Crippen LogP contribution < -0.4 is 9.47 Å². The fourth-order valence-corrected chi connectivity index (χ4v) is 5.62. The molecule has 0 radical (unpaired) electrons. The van der Waals surface area contributed by atoms with Crippen LogP contribution >= 0.6 is 11.3 Å². The van der Waals surface area contributed by atoms with Crippen LogP contribution in [0.25, 0.3) is 0 Å². The van der Waals surface area contributed by atoms with Crippen LogP contribution in [0.5, 0.6) is 11.5 Å². The molecule has 3 aromatic rings. The number of fused-ring (bicyclic) bond motifs is 2. The molecule has 0 N–H and O–H groups in total. The van der Waals surface area contributed by atoms with Gasteiger partial charge in [0, 0.05) is 24.4 Å². The Balaban J connectivity index is 1.41. The number of benzene rings is 2. The number of hydrogen-bond donors (Lipinski definition) is 0. The van der Waals surface area contributed by atoms with Gasteiger partial charge in [-0.25, -0.2) is 0 Å². The Kier molecular flexibility index (Phi) is 5.83. The first-order chi connectivity index (χ1) is 16.5. The summed E-state index contributed by atoms with van der Waals surface area (Å²) in [5, 5.41) is 1.99. The van der Waals surface area contributed by atoms with Crippen molar-refractivity contribution in [2.45, 2.75) is 18.9 Å². The number of amides is 3. The third kappa shape index (κ3) is 3.64. The number of methoxy groups -OCH3 is 2. The average molecular weight is 477 g/mol. The SMILES string of the molecule is COc1cc2c(cc1OC)[C@H](c1cccs1)N(C(=O)CCN1C(=O)c3ccccc3C1=O)CC2. The first-order valence-electron chi connectivity index (χ1n) is 11.1. The van der Waals surface area contributed by atoms with Gasteiger partial charge in [0.2, 0.25) is 5.91 Å². The van der Waals surface area contributed by atoms with Crippen molar-refractivity contribution in [3.8, 4) is 11.5 Å². The van der Waals surface area contributed by atoms with Crippen LogP contribution in [0.3, 0.4) is 0 Å². The second-order valence-electron chi connectivity index (χ2n) is 8.22. The highest BCUT2D eigenvalue weighted by molar-refractivity contribution is 7.10. The number of thiophene rings is 1. The van der Waals surface area contributed by atoms with Gasteiger partial charge in [-0.1, -0.05) is 18.2 Å². The van der Waals surface area contributed by atoms with Crippen LogP contribution in [0.4, 0.5) is 0 Å². The number of ether oxygens (including phenoxy) is 2. The second kappa shape index (κ2) is 8.95. The molecule has 0 fully saturated rings. The summed E-state index contributed by atoms with van der Waals surface area (Å²) in [5.74, 6) is 0.489. The Bertz CT molecular complexity index is 1240. The predicted molar refractivity (Wildman–Crippen MR) is 128 cm³/mol. The van der Waals surface area contributed by atoms with Gasteiger partial charge >= 0.3 is 0 Å². The number of carbonyl (C=O) groups is 3. The van der Waals surface area contributed by atoms with E-state index in [4.69, 9.17) is 9.47 Å². The lowest BCUT2D eigenvalue weighted by Crippen LogP contribution is -2.42. The molecule has 2 aliphatic heterocycles. The van der Waals surface area contributed by atoms with E-state index in [9.17, 15) is 14.4 Å². The third-order valence-corrected chi connectivity index (χ3v) is 7.36. The van der Waals surface area contributed by atoms with E-state index in [1.54, 1.807) is 49.8 Å². The quantitative estimate of drug-likeness (QED) is 0.504. The van der Waals surface area contributed by atoms with E-state index < -0.39 is 0 Å². The molecule has 1 aromatic heterocycles. The van der Waals surface area contributed by atoms with Gasteiger partial charge in [-0.15, -0.1) is 11.3 Å². The second-order valence-corrected chi connectivity index (χ2v) is 9.20. The van der Waals surface area contributed by atoms with Crippen molar-refractivity contribution in [2.75, 3.05) is 27.3 Å². The van der Waals surface area contributed by atoms with Gasteiger partial charge < -0.3 is 14.4 Å². The van der Waals surface area contributed by atoms with Crippen LogP contribution in [-0.4, -0.2) is 54.8 Å². The number of imide groups is 1. The summed E-state index contributed by atoms with van der Waals surface area (Å²) < 4.78 is 11.0. The molecular formula is C26H24N2O5S. The van der Waals surface area contributed by atoms with Crippen LogP contribution in [0.1, 0.15) is 49.2 Å². The van der Waals surface area contributed by atoms with Crippen molar-refractivity contribution < 1.29 is 23.9 Å². The fourth-order valence-electron chi connectivity index (χ4n) is 4.76. The molecule has 34 heavy (non-hydrogen) atoms.